The van der Waals surface area contributed by atoms with Crippen molar-refractivity contribution in [2.45, 2.75) is 12.0 Å². The van der Waals surface area contributed by atoms with E-state index in [1.54, 1.807) is 7.11 Å². The van der Waals surface area contributed by atoms with Crippen LogP contribution in [0.25, 0.3) is 0 Å². The first-order valence-electron chi connectivity index (χ1n) is 7.63. The zero-order chi connectivity index (χ0) is 17.3. The third-order valence-electron chi connectivity index (χ3n) is 4.47. The van der Waals surface area contributed by atoms with Crippen LogP contribution in [-0.4, -0.2) is 69.8 Å². The van der Waals surface area contributed by atoms with Crippen LogP contribution in [0.15, 0.2) is 24.3 Å². The molecule has 2 atom stereocenters. The van der Waals surface area contributed by atoms with Gasteiger partial charge in [-0.2, -0.15) is 0 Å². The number of hydrogen-bond acceptors (Lipinski definition) is 5. The SMILES string of the molecule is COc1cccc(C2(O)CCN(S(C)(=O)=O)CC2CN(C)C)c1. The second kappa shape index (κ2) is 6.76. The summed E-state index contributed by atoms with van der Waals surface area (Å²) in [6.07, 6.45) is 1.58. The van der Waals surface area contributed by atoms with Gasteiger partial charge in [-0.25, -0.2) is 12.7 Å². The lowest BCUT2D eigenvalue weighted by molar-refractivity contribution is -0.0697. The number of methoxy groups -OCH3 is 1. The largest absolute Gasteiger partial charge is 0.497 e. The minimum Gasteiger partial charge on any atom is -0.497 e. The number of benzene rings is 1. The zero-order valence-electron chi connectivity index (χ0n) is 14.2. The molecule has 1 aromatic rings. The molecule has 1 heterocycles. The Labute approximate surface area is 138 Å². The molecule has 1 N–H and O–H groups in total. The van der Waals surface area contributed by atoms with Crippen molar-refractivity contribution >= 4 is 10.0 Å². The monoisotopic (exact) mass is 342 g/mol. The molecule has 1 aliphatic rings. The highest BCUT2D eigenvalue weighted by Gasteiger charge is 2.45. The summed E-state index contributed by atoms with van der Waals surface area (Å²) < 4.78 is 30.5. The first-order valence-corrected chi connectivity index (χ1v) is 9.48. The first-order chi connectivity index (χ1) is 10.7. The van der Waals surface area contributed by atoms with Crippen LogP contribution < -0.4 is 4.74 Å². The lowest BCUT2D eigenvalue weighted by Crippen LogP contribution is -2.54. The van der Waals surface area contributed by atoms with Crippen LogP contribution in [0.5, 0.6) is 5.75 Å². The molecule has 0 aromatic heterocycles. The van der Waals surface area contributed by atoms with Crippen LogP contribution in [0.3, 0.4) is 0 Å². The van der Waals surface area contributed by atoms with Gasteiger partial charge in [-0.1, -0.05) is 12.1 Å². The van der Waals surface area contributed by atoms with Crippen molar-refractivity contribution in [3.63, 3.8) is 0 Å². The number of aliphatic hydroxyl groups is 1. The summed E-state index contributed by atoms with van der Waals surface area (Å²) >= 11 is 0. The van der Waals surface area contributed by atoms with Gasteiger partial charge in [-0.15, -0.1) is 0 Å². The van der Waals surface area contributed by atoms with E-state index < -0.39 is 15.6 Å². The van der Waals surface area contributed by atoms with Gasteiger partial charge in [0.25, 0.3) is 0 Å². The van der Waals surface area contributed by atoms with Crippen molar-refractivity contribution in [1.82, 2.24) is 9.21 Å². The zero-order valence-corrected chi connectivity index (χ0v) is 15.0. The van der Waals surface area contributed by atoms with Gasteiger partial charge in [0.2, 0.25) is 10.0 Å². The molecule has 1 aromatic carbocycles. The minimum atomic E-state index is -3.26. The van der Waals surface area contributed by atoms with E-state index in [0.717, 1.165) is 5.56 Å². The quantitative estimate of drug-likeness (QED) is 0.854. The Morgan fingerprint density at radius 2 is 2.13 bits per heavy atom. The van der Waals surface area contributed by atoms with Crippen molar-refractivity contribution < 1.29 is 18.3 Å². The number of nitrogens with zero attached hydrogens (tertiary/aromatic N) is 2. The Morgan fingerprint density at radius 3 is 2.70 bits per heavy atom. The molecule has 0 saturated carbocycles. The summed E-state index contributed by atoms with van der Waals surface area (Å²) in [6.45, 7) is 1.22. The van der Waals surface area contributed by atoms with Gasteiger partial charge in [-0.3, -0.25) is 0 Å². The van der Waals surface area contributed by atoms with E-state index in [1.165, 1.54) is 10.6 Å². The lowest BCUT2D eigenvalue weighted by Gasteiger charge is -2.45. The van der Waals surface area contributed by atoms with Crippen LogP contribution in [0.4, 0.5) is 0 Å². The summed E-state index contributed by atoms with van der Waals surface area (Å²) in [4.78, 5) is 1.97. The summed E-state index contributed by atoms with van der Waals surface area (Å²) in [7, 11) is 2.17. The Hall–Kier alpha value is -1.15. The second-order valence-electron chi connectivity index (χ2n) is 6.49. The van der Waals surface area contributed by atoms with E-state index in [9.17, 15) is 13.5 Å². The molecule has 130 valence electrons. The molecule has 0 aliphatic carbocycles. The van der Waals surface area contributed by atoms with Crippen molar-refractivity contribution in [2.24, 2.45) is 5.92 Å². The predicted octanol–water partition coefficient (Wildman–Crippen LogP) is 0.726. The number of sulfonamides is 1. The third-order valence-corrected chi connectivity index (χ3v) is 5.74. The molecule has 0 spiro atoms. The third kappa shape index (κ3) is 4.03. The van der Waals surface area contributed by atoms with Crippen molar-refractivity contribution in [2.75, 3.05) is 47.1 Å². The van der Waals surface area contributed by atoms with Gasteiger partial charge >= 0.3 is 0 Å². The molecule has 0 amide bonds. The summed E-state index contributed by atoms with van der Waals surface area (Å²) in [5, 5.41) is 11.4. The highest BCUT2D eigenvalue weighted by Crippen LogP contribution is 2.39. The molecule has 2 unspecified atom stereocenters. The van der Waals surface area contributed by atoms with E-state index >= 15 is 0 Å². The standard InChI is InChI=1S/C16H26N2O4S/c1-17(2)11-14-12-18(23(4,20)21)9-8-16(14,19)13-6-5-7-15(10-13)22-3/h5-7,10,14,19H,8-9,11-12H2,1-4H3. The van der Waals surface area contributed by atoms with E-state index in [-0.39, 0.29) is 5.92 Å². The summed E-state index contributed by atoms with van der Waals surface area (Å²) in [6, 6.07) is 7.39. The van der Waals surface area contributed by atoms with Crippen molar-refractivity contribution in [3.8, 4) is 5.75 Å². The van der Waals surface area contributed by atoms with E-state index in [0.29, 0.717) is 31.8 Å². The summed E-state index contributed by atoms with van der Waals surface area (Å²) in [5.41, 5.74) is -0.295. The molecule has 6 nitrogen and oxygen atoms in total. The lowest BCUT2D eigenvalue weighted by atomic mass is 9.76. The molecule has 23 heavy (non-hydrogen) atoms. The van der Waals surface area contributed by atoms with Gasteiger partial charge in [0.15, 0.2) is 0 Å². The Bertz CT molecular complexity index is 647. The highest BCUT2D eigenvalue weighted by molar-refractivity contribution is 7.88. The Morgan fingerprint density at radius 1 is 1.43 bits per heavy atom. The molecule has 1 aliphatic heterocycles. The van der Waals surface area contributed by atoms with Crippen LogP contribution >= 0.6 is 0 Å². The average molecular weight is 342 g/mol. The average Bonchev–Trinajstić information content (AvgIpc) is 2.48. The predicted molar refractivity (Wildman–Crippen MR) is 90.0 cm³/mol. The molecular weight excluding hydrogens is 316 g/mol. The maximum atomic E-state index is 11.9. The van der Waals surface area contributed by atoms with E-state index in [4.69, 9.17) is 4.74 Å². The number of piperidine rings is 1. The fourth-order valence-corrected chi connectivity index (χ4v) is 4.08. The van der Waals surface area contributed by atoms with Crippen molar-refractivity contribution in [1.29, 1.82) is 0 Å². The number of ether oxygens (including phenoxy) is 1. The van der Waals surface area contributed by atoms with Gasteiger partial charge in [0.1, 0.15) is 5.75 Å². The second-order valence-corrected chi connectivity index (χ2v) is 8.47. The Balaban J connectivity index is 2.37. The van der Waals surface area contributed by atoms with E-state index in [2.05, 4.69) is 0 Å². The molecule has 2 rings (SSSR count). The fourth-order valence-electron chi connectivity index (χ4n) is 3.21. The Kier molecular flexibility index (Phi) is 5.35. The van der Waals surface area contributed by atoms with Crippen LogP contribution in [0.1, 0.15) is 12.0 Å². The van der Waals surface area contributed by atoms with Gasteiger partial charge in [-0.05, 0) is 38.2 Å². The summed E-state index contributed by atoms with van der Waals surface area (Å²) in [5.74, 6) is 0.471. The number of hydrogen-bond donors (Lipinski definition) is 1. The fraction of sp³-hybridized carbons (Fsp3) is 0.625. The molecule has 0 radical (unpaired) electrons. The molecule has 1 fully saturated rings. The smallest absolute Gasteiger partial charge is 0.211 e. The van der Waals surface area contributed by atoms with Gasteiger partial charge in [0.05, 0.1) is 19.0 Å². The van der Waals surface area contributed by atoms with Crippen LogP contribution in [0, 0.1) is 5.92 Å². The molecule has 7 heteroatoms. The maximum Gasteiger partial charge on any atom is 0.211 e. The van der Waals surface area contributed by atoms with Gasteiger partial charge in [0, 0.05) is 25.6 Å². The minimum absolute atomic E-state index is 0.215. The number of rotatable bonds is 5. The molecule has 1 saturated heterocycles. The molecule has 0 bridgehead atoms. The normalized spacial score (nSPS) is 26.4. The highest BCUT2D eigenvalue weighted by atomic mass is 32.2. The van der Waals surface area contributed by atoms with E-state index in [1.807, 2.05) is 43.3 Å². The van der Waals surface area contributed by atoms with Gasteiger partial charge < -0.3 is 14.7 Å². The van der Waals surface area contributed by atoms with Crippen molar-refractivity contribution in [3.05, 3.63) is 29.8 Å². The topological polar surface area (TPSA) is 70.1 Å². The molecular formula is C16H26N2O4S. The first kappa shape index (κ1) is 18.2. The van der Waals surface area contributed by atoms with Crippen LogP contribution in [0.2, 0.25) is 0 Å². The maximum absolute atomic E-state index is 11.9. The van der Waals surface area contributed by atoms with Crippen LogP contribution in [-0.2, 0) is 15.6 Å².